The molecule has 2 amide bonds. The first-order valence-electron chi connectivity index (χ1n) is 9.95. The molecule has 0 radical (unpaired) electrons. The molecule has 2 heterocycles. The molecule has 1 aromatic heterocycles. The van der Waals surface area contributed by atoms with Gasteiger partial charge in [0, 0.05) is 37.9 Å². The van der Waals surface area contributed by atoms with E-state index in [1.165, 1.54) is 12.1 Å². The van der Waals surface area contributed by atoms with Crippen LogP contribution in [0.5, 0.6) is 5.75 Å². The SMILES string of the molecule is Cc1cc(NC(=O)[C@H](C)N2CCN(CC(=O)Nc3ccc(OC(F)(F)F)cc3)CC2)on1. The van der Waals surface area contributed by atoms with Crippen molar-refractivity contribution in [2.45, 2.75) is 26.3 Å². The predicted molar refractivity (Wildman–Crippen MR) is 109 cm³/mol. The average Bonchev–Trinajstić information content (AvgIpc) is 3.13. The van der Waals surface area contributed by atoms with E-state index in [2.05, 4.69) is 20.5 Å². The van der Waals surface area contributed by atoms with Crippen molar-refractivity contribution in [2.75, 3.05) is 43.4 Å². The van der Waals surface area contributed by atoms with Crippen molar-refractivity contribution in [2.24, 2.45) is 0 Å². The lowest BCUT2D eigenvalue weighted by atomic mass is 10.2. The third kappa shape index (κ3) is 6.95. The molecule has 1 aliphatic rings. The van der Waals surface area contributed by atoms with E-state index < -0.39 is 6.36 Å². The van der Waals surface area contributed by atoms with Gasteiger partial charge in [-0.25, -0.2) is 0 Å². The number of carbonyl (C=O) groups excluding carboxylic acids is 2. The molecular formula is C20H24F3N5O4. The third-order valence-electron chi connectivity index (χ3n) is 4.95. The Bertz CT molecular complexity index is 924. The maximum Gasteiger partial charge on any atom is 0.573 e. The van der Waals surface area contributed by atoms with Crippen LogP contribution < -0.4 is 15.4 Å². The number of rotatable bonds is 7. The second-order valence-electron chi connectivity index (χ2n) is 7.43. The van der Waals surface area contributed by atoms with E-state index in [9.17, 15) is 22.8 Å². The lowest BCUT2D eigenvalue weighted by molar-refractivity contribution is -0.274. The summed E-state index contributed by atoms with van der Waals surface area (Å²) in [4.78, 5) is 28.6. The smallest absolute Gasteiger partial charge is 0.406 e. The Morgan fingerprint density at radius 1 is 1.16 bits per heavy atom. The minimum atomic E-state index is -4.76. The molecule has 2 aromatic rings. The van der Waals surface area contributed by atoms with Crippen molar-refractivity contribution in [1.82, 2.24) is 15.0 Å². The number of nitrogens with one attached hydrogen (secondary N) is 2. The number of piperazine rings is 1. The Morgan fingerprint density at radius 2 is 1.81 bits per heavy atom. The number of anilines is 2. The molecule has 12 heteroatoms. The van der Waals surface area contributed by atoms with Crippen molar-refractivity contribution in [3.8, 4) is 5.75 Å². The molecule has 0 bridgehead atoms. The Morgan fingerprint density at radius 3 is 2.38 bits per heavy atom. The number of carbonyl (C=O) groups is 2. The highest BCUT2D eigenvalue weighted by atomic mass is 19.4. The standard InChI is InChI=1S/C20H24F3N5O4/c1-13-11-18(32-26-13)25-19(30)14(2)28-9-7-27(8-10-28)12-17(29)24-15-3-5-16(6-4-15)31-20(21,22)23/h3-6,11,14H,7-10,12H2,1-2H3,(H,24,29)(H,25,30)/t14-/m0/s1. The van der Waals surface area contributed by atoms with E-state index in [0.717, 1.165) is 12.1 Å². The van der Waals surface area contributed by atoms with Gasteiger partial charge in [0.1, 0.15) is 5.75 Å². The zero-order chi connectivity index (χ0) is 23.3. The number of nitrogens with zero attached hydrogens (tertiary/aromatic N) is 3. The normalized spacial score (nSPS) is 16.4. The number of benzene rings is 1. The van der Waals surface area contributed by atoms with Crippen molar-refractivity contribution in [1.29, 1.82) is 0 Å². The van der Waals surface area contributed by atoms with Gasteiger partial charge in [0.25, 0.3) is 0 Å². The fourth-order valence-electron chi connectivity index (χ4n) is 3.27. The molecule has 1 fully saturated rings. The molecule has 1 aliphatic heterocycles. The summed E-state index contributed by atoms with van der Waals surface area (Å²) >= 11 is 0. The number of halogens is 3. The molecule has 0 aliphatic carbocycles. The van der Waals surface area contributed by atoms with Crippen molar-refractivity contribution in [3.63, 3.8) is 0 Å². The summed E-state index contributed by atoms with van der Waals surface area (Å²) in [6.45, 7) is 6.06. The fourth-order valence-corrected chi connectivity index (χ4v) is 3.27. The lowest BCUT2D eigenvalue weighted by Gasteiger charge is -2.36. The van der Waals surface area contributed by atoms with E-state index in [-0.39, 0.29) is 30.2 Å². The molecule has 1 aromatic carbocycles. The fraction of sp³-hybridized carbons (Fsp3) is 0.450. The number of aromatic nitrogens is 1. The molecule has 3 rings (SSSR count). The number of alkyl halides is 3. The maximum absolute atomic E-state index is 12.4. The summed E-state index contributed by atoms with van der Waals surface area (Å²) in [5.74, 6) is -0.546. The molecule has 0 spiro atoms. The van der Waals surface area contributed by atoms with Gasteiger partial charge in [0.15, 0.2) is 0 Å². The van der Waals surface area contributed by atoms with E-state index >= 15 is 0 Å². The van der Waals surface area contributed by atoms with Crippen LogP contribution >= 0.6 is 0 Å². The van der Waals surface area contributed by atoms with Gasteiger partial charge in [-0.15, -0.1) is 13.2 Å². The number of hydrogen-bond donors (Lipinski definition) is 2. The van der Waals surface area contributed by atoms with Gasteiger partial charge in [-0.3, -0.25) is 24.7 Å². The summed E-state index contributed by atoms with van der Waals surface area (Å²) in [6.07, 6.45) is -4.76. The predicted octanol–water partition coefficient (Wildman–Crippen LogP) is 2.46. The van der Waals surface area contributed by atoms with Gasteiger partial charge in [-0.1, -0.05) is 5.16 Å². The molecule has 1 atom stereocenters. The largest absolute Gasteiger partial charge is 0.573 e. The summed E-state index contributed by atoms with van der Waals surface area (Å²) in [5.41, 5.74) is 1.04. The molecule has 2 N–H and O–H groups in total. The summed E-state index contributed by atoms with van der Waals surface area (Å²) in [7, 11) is 0. The van der Waals surface area contributed by atoms with Crippen LogP contribution in [0, 0.1) is 6.92 Å². The van der Waals surface area contributed by atoms with Crippen molar-refractivity contribution < 1.29 is 32.0 Å². The number of ether oxygens (including phenoxy) is 1. The highest BCUT2D eigenvalue weighted by Gasteiger charge is 2.31. The molecule has 0 saturated carbocycles. The number of aryl methyl sites for hydroxylation is 1. The van der Waals surface area contributed by atoms with Crippen LogP contribution in [0.3, 0.4) is 0 Å². The quantitative estimate of drug-likeness (QED) is 0.662. The second-order valence-corrected chi connectivity index (χ2v) is 7.43. The summed E-state index contributed by atoms with van der Waals surface area (Å²) in [5, 5.41) is 9.07. The number of hydrogen-bond acceptors (Lipinski definition) is 7. The van der Waals surface area contributed by atoms with Crippen LogP contribution in [0.4, 0.5) is 24.7 Å². The van der Waals surface area contributed by atoms with Gasteiger partial charge in [0.2, 0.25) is 17.7 Å². The Labute approximate surface area is 182 Å². The zero-order valence-electron chi connectivity index (χ0n) is 17.6. The first-order valence-corrected chi connectivity index (χ1v) is 9.95. The van der Waals surface area contributed by atoms with Crippen LogP contribution in [0.2, 0.25) is 0 Å². The Hall–Kier alpha value is -3.12. The third-order valence-corrected chi connectivity index (χ3v) is 4.95. The topological polar surface area (TPSA) is 99.9 Å². The Kier molecular flexibility index (Phi) is 7.36. The second kappa shape index (κ2) is 10.0. The zero-order valence-corrected chi connectivity index (χ0v) is 17.6. The Balaban J connectivity index is 1.41. The van der Waals surface area contributed by atoms with E-state index in [0.29, 0.717) is 43.4 Å². The average molecular weight is 455 g/mol. The van der Waals surface area contributed by atoms with Gasteiger partial charge in [-0.05, 0) is 38.1 Å². The van der Waals surface area contributed by atoms with Crippen molar-refractivity contribution >= 4 is 23.4 Å². The van der Waals surface area contributed by atoms with Crippen LogP contribution in [0.25, 0.3) is 0 Å². The molecule has 32 heavy (non-hydrogen) atoms. The molecular weight excluding hydrogens is 431 g/mol. The highest BCUT2D eigenvalue weighted by Crippen LogP contribution is 2.24. The van der Waals surface area contributed by atoms with E-state index in [4.69, 9.17) is 4.52 Å². The lowest BCUT2D eigenvalue weighted by Crippen LogP contribution is -2.53. The van der Waals surface area contributed by atoms with E-state index in [1.54, 1.807) is 19.9 Å². The highest BCUT2D eigenvalue weighted by molar-refractivity contribution is 5.93. The maximum atomic E-state index is 12.4. The molecule has 1 saturated heterocycles. The minimum Gasteiger partial charge on any atom is -0.406 e. The molecule has 9 nitrogen and oxygen atoms in total. The van der Waals surface area contributed by atoms with Gasteiger partial charge >= 0.3 is 6.36 Å². The minimum absolute atomic E-state index is 0.132. The van der Waals surface area contributed by atoms with Crippen LogP contribution in [-0.4, -0.2) is 71.9 Å². The van der Waals surface area contributed by atoms with Crippen LogP contribution in [0.15, 0.2) is 34.9 Å². The van der Waals surface area contributed by atoms with Crippen molar-refractivity contribution in [3.05, 3.63) is 36.0 Å². The monoisotopic (exact) mass is 455 g/mol. The first kappa shape index (κ1) is 23.5. The van der Waals surface area contributed by atoms with Gasteiger partial charge < -0.3 is 14.6 Å². The van der Waals surface area contributed by atoms with Crippen LogP contribution in [0.1, 0.15) is 12.6 Å². The van der Waals surface area contributed by atoms with Gasteiger partial charge in [-0.2, -0.15) is 0 Å². The van der Waals surface area contributed by atoms with Crippen LogP contribution in [-0.2, 0) is 9.59 Å². The summed E-state index contributed by atoms with van der Waals surface area (Å²) < 4.78 is 45.4. The number of amides is 2. The molecule has 174 valence electrons. The molecule has 0 unspecified atom stereocenters. The summed E-state index contributed by atoms with van der Waals surface area (Å²) in [6, 6.07) is 6.20. The first-order chi connectivity index (χ1) is 15.1. The van der Waals surface area contributed by atoms with Gasteiger partial charge in [0.05, 0.1) is 18.3 Å². The van der Waals surface area contributed by atoms with E-state index in [1.807, 2.05) is 9.80 Å².